The summed E-state index contributed by atoms with van der Waals surface area (Å²) in [6, 6.07) is 0.637. The van der Waals surface area contributed by atoms with Gasteiger partial charge < -0.3 is 15.4 Å². The molecule has 1 unspecified atom stereocenters. The Morgan fingerprint density at radius 1 is 1.40 bits per heavy atom. The van der Waals surface area contributed by atoms with Gasteiger partial charge in [0.25, 0.3) is 0 Å². The molecule has 1 aliphatic heterocycles. The van der Waals surface area contributed by atoms with Gasteiger partial charge >= 0.3 is 0 Å². The normalized spacial score (nSPS) is 25.0. The van der Waals surface area contributed by atoms with Gasteiger partial charge in [0.2, 0.25) is 0 Å². The van der Waals surface area contributed by atoms with Gasteiger partial charge in [-0.05, 0) is 25.7 Å². The molecule has 0 spiro atoms. The highest BCUT2D eigenvalue weighted by Gasteiger charge is 2.23. The fourth-order valence-electron chi connectivity index (χ4n) is 2.51. The minimum atomic E-state index is 0.233. The number of guanidine groups is 1. The lowest BCUT2D eigenvalue weighted by Gasteiger charge is -2.33. The van der Waals surface area contributed by atoms with Gasteiger partial charge in [0, 0.05) is 32.2 Å². The number of morpholine rings is 1. The molecule has 2 rings (SSSR count). The molecule has 1 aliphatic carbocycles. The van der Waals surface area contributed by atoms with Crippen molar-refractivity contribution in [2.45, 2.75) is 45.8 Å². The highest BCUT2D eigenvalue weighted by molar-refractivity contribution is 5.80. The molecule has 1 saturated heterocycles. The maximum Gasteiger partial charge on any atom is 0.191 e. The van der Waals surface area contributed by atoms with Crippen molar-refractivity contribution in [3.8, 4) is 0 Å². The summed E-state index contributed by atoms with van der Waals surface area (Å²) in [7, 11) is 0. The average Bonchev–Trinajstić information content (AvgIpc) is 3.20. The number of hydrogen-bond donors (Lipinski definition) is 2. The van der Waals surface area contributed by atoms with Gasteiger partial charge in [-0.2, -0.15) is 0 Å². The lowest BCUT2D eigenvalue weighted by molar-refractivity contribution is -0.0261. The monoisotopic (exact) mass is 282 g/mol. The average molecular weight is 282 g/mol. The van der Waals surface area contributed by atoms with Crippen molar-refractivity contribution in [3.63, 3.8) is 0 Å². The minimum absolute atomic E-state index is 0.233. The summed E-state index contributed by atoms with van der Waals surface area (Å²) in [6.45, 7) is 12.3. The zero-order chi connectivity index (χ0) is 14.4. The van der Waals surface area contributed by atoms with E-state index in [1.54, 1.807) is 0 Å². The molecule has 2 fully saturated rings. The van der Waals surface area contributed by atoms with Crippen LogP contribution in [0, 0.1) is 5.92 Å². The van der Waals surface area contributed by atoms with Gasteiger partial charge in [0.1, 0.15) is 0 Å². The van der Waals surface area contributed by atoms with Gasteiger partial charge in [-0.25, -0.2) is 0 Å². The Balaban J connectivity index is 1.77. The van der Waals surface area contributed by atoms with Crippen molar-refractivity contribution in [2.24, 2.45) is 10.9 Å². The number of nitrogens with zero attached hydrogens (tertiary/aromatic N) is 2. The third kappa shape index (κ3) is 5.67. The Kier molecular flexibility index (Phi) is 6.10. The van der Waals surface area contributed by atoms with Crippen molar-refractivity contribution in [1.29, 1.82) is 0 Å². The molecular formula is C15H30N4O. The van der Waals surface area contributed by atoms with Crippen molar-refractivity contribution in [3.05, 3.63) is 0 Å². The zero-order valence-corrected chi connectivity index (χ0v) is 13.2. The number of aliphatic imine (C=N–C) groups is 1. The van der Waals surface area contributed by atoms with E-state index in [4.69, 9.17) is 4.74 Å². The molecule has 116 valence electrons. The molecule has 5 heteroatoms. The molecule has 1 atom stereocenters. The van der Waals surface area contributed by atoms with Crippen LogP contribution in [0.15, 0.2) is 4.99 Å². The van der Waals surface area contributed by atoms with Crippen LogP contribution in [0.4, 0.5) is 0 Å². The Morgan fingerprint density at radius 3 is 2.85 bits per heavy atom. The van der Waals surface area contributed by atoms with E-state index >= 15 is 0 Å². The van der Waals surface area contributed by atoms with E-state index in [0.717, 1.165) is 45.3 Å². The lowest BCUT2D eigenvalue weighted by Crippen LogP contribution is -2.46. The first-order chi connectivity index (χ1) is 9.67. The van der Waals surface area contributed by atoms with E-state index in [9.17, 15) is 0 Å². The molecular weight excluding hydrogens is 252 g/mol. The molecule has 0 aromatic heterocycles. The van der Waals surface area contributed by atoms with Gasteiger partial charge in [0.15, 0.2) is 5.96 Å². The standard InChI is InChI=1S/C15H30N4O/c1-4-16-15(18-13-5-6-13)17-9-14-11-19(7-8-20-14)10-12(2)3/h12-14H,4-11H2,1-3H3,(H2,16,17,18). The fraction of sp³-hybridized carbons (Fsp3) is 0.933. The Labute approximate surface area is 123 Å². The summed E-state index contributed by atoms with van der Waals surface area (Å²) >= 11 is 0. The molecule has 0 bridgehead atoms. The molecule has 1 heterocycles. The molecule has 2 aliphatic rings. The molecule has 5 nitrogen and oxygen atoms in total. The van der Waals surface area contributed by atoms with Crippen LogP contribution in [0.25, 0.3) is 0 Å². The molecule has 20 heavy (non-hydrogen) atoms. The summed E-state index contributed by atoms with van der Waals surface area (Å²) in [4.78, 5) is 7.17. The molecule has 0 aromatic rings. The quantitative estimate of drug-likeness (QED) is 0.565. The van der Waals surface area contributed by atoms with E-state index in [1.165, 1.54) is 12.8 Å². The van der Waals surface area contributed by atoms with E-state index in [1.807, 2.05) is 0 Å². The molecule has 1 saturated carbocycles. The van der Waals surface area contributed by atoms with Crippen molar-refractivity contribution in [1.82, 2.24) is 15.5 Å². The zero-order valence-electron chi connectivity index (χ0n) is 13.2. The second-order valence-electron chi connectivity index (χ2n) is 6.28. The van der Waals surface area contributed by atoms with E-state index < -0.39 is 0 Å². The van der Waals surface area contributed by atoms with Crippen molar-refractivity contribution >= 4 is 5.96 Å². The number of hydrogen-bond acceptors (Lipinski definition) is 3. The van der Waals surface area contributed by atoms with Gasteiger partial charge in [-0.15, -0.1) is 0 Å². The van der Waals surface area contributed by atoms with Crippen LogP contribution >= 0.6 is 0 Å². The number of rotatable bonds is 6. The minimum Gasteiger partial charge on any atom is -0.374 e. The van der Waals surface area contributed by atoms with Crippen LogP contribution in [0.5, 0.6) is 0 Å². The third-order valence-electron chi connectivity index (χ3n) is 3.56. The Morgan fingerprint density at radius 2 is 2.20 bits per heavy atom. The molecule has 0 aromatic carbocycles. The highest BCUT2D eigenvalue weighted by atomic mass is 16.5. The molecule has 2 N–H and O–H groups in total. The fourth-order valence-corrected chi connectivity index (χ4v) is 2.51. The maximum absolute atomic E-state index is 5.83. The van der Waals surface area contributed by atoms with Crippen molar-refractivity contribution < 1.29 is 4.74 Å². The second-order valence-corrected chi connectivity index (χ2v) is 6.28. The van der Waals surface area contributed by atoms with Gasteiger partial charge in [0.05, 0.1) is 19.3 Å². The van der Waals surface area contributed by atoms with E-state index in [0.29, 0.717) is 12.0 Å². The van der Waals surface area contributed by atoms with E-state index in [2.05, 4.69) is 41.3 Å². The summed E-state index contributed by atoms with van der Waals surface area (Å²) in [6.07, 6.45) is 2.77. The predicted molar refractivity (Wildman–Crippen MR) is 83.2 cm³/mol. The largest absolute Gasteiger partial charge is 0.374 e. The summed E-state index contributed by atoms with van der Waals surface area (Å²) in [5, 5.41) is 6.75. The topological polar surface area (TPSA) is 48.9 Å². The van der Waals surface area contributed by atoms with E-state index in [-0.39, 0.29) is 6.10 Å². The molecule has 0 amide bonds. The van der Waals surface area contributed by atoms with Crippen LogP contribution in [0.2, 0.25) is 0 Å². The lowest BCUT2D eigenvalue weighted by atomic mass is 10.2. The first kappa shape index (κ1) is 15.6. The second kappa shape index (κ2) is 7.84. The van der Waals surface area contributed by atoms with Crippen LogP contribution in [-0.2, 0) is 4.74 Å². The van der Waals surface area contributed by atoms with Crippen LogP contribution in [-0.4, -0.2) is 62.3 Å². The predicted octanol–water partition coefficient (Wildman–Crippen LogP) is 1.06. The summed E-state index contributed by atoms with van der Waals surface area (Å²) < 4.78 is 5.83. The molecule has 0 radical (unpaired) electrons. The van der Waals surface area contributed by atoms with Crippen LogP contribution < -0.4 is 10.6 Å². The van der Waals surface area contributed by atoms with Crippen molar-refractivity contribution in [2.75, 3.05) is 39.3 Å². The smallest absolute Gasteiger partial charge is 0.191 e. The Hall–Kier alpha value is -0.810. The van der Waals surface area contributed by atoms with Crippen LogP contribution in [0.3, 0.4) is 0 Å². The summed E-state index contributed by atoms with van der Waals surface area (Å²) in [5.74, 6) is 1.66. The van der Waals surface area contributed by atoms with Gasteiger partial charge in [-0.1, -0.05) is 13.8 Å². The first-order valence-electron chi connectivity index (χ1n) is 8.06. The first-order valence-corrected chi connectivity index (χ1v) is 8.06. The maximum atomic E-state index is 5.83. The van der Waals surface area contributed by atoms with Gasteiger partial charge in [-0.3, -0.25) is 9.89 Å². The number of nitrogens with one attached hydrogen (secondary N) is 2. The summed E-state index contributed by atoms with van der Waals surface area (Å²) in [5.41, 5.74) is 0. The SMILES string of the molecule is CCNC(=NCC1CN(CC(C)C)CCO1)NC1CC1. The third-order valence-corrected chi connectivity index (χ3v) is 3.56. The van der Waals surface area contributed by atoms with Crippen LogP contribution in [0.1, 0.15) is 33.6 Å². The Bertz CT molecular complexity index is 315. The highest BCUT2D eigenvalue weighted by Crippen LogP contribution is 2.18. The number of ether oxygens (including phenoxy) is 1.